The van der Waals surface area contributed by atoms with Crippen LogP contribution in [-0.4, -0.2) is 42.3 Å². The number of amides is 1. The molecule has 1 amide bonds. The molecule has 1 aromatic rings. The molecule has 1 saturated heterocycles. The second-order valence-electron chi connectivity index (χ2n) is 4.80. The summed E-state index contributed by atoms with van der Waals surface area (Å²) in [7, 11) is 0. The molecule has 21 heavy (non-hydrogen) atoms. The van der Waals surface area contributed by atoms with Crippen molar-refractivity contribution in [3.8, 4) is 0 Å². The standard InChI is InChI=1S/C15H16ClNO4/c1-2-21-15(20)12-6-7-17(9-13(12)18)14(19)10-4-3-5-11(16)8-10/h3-5,8,12H,2,6-7,9H2,1H3. The summed E-state index contributed by atoms with van der Waals surface area (Å²) in [4.78, 5) is 37.4. The fourth-order valence-corrected chi connectivity index (χ4v) is 2.48. The number of esters is 1. The third-order valence-corrected chi connectivity index (χ3v) is 3.59. The average Bonchev–Trinajstić information content (AvgIpc) is 2.46. The number of benzene rings is 1. The van der Waals surface area contributed by atoms with Gasteiger partial charge in [0.25, 0.3) is 5.91 Å². The predicted octanol–water partition coefficient (Wildman–Crippen LogP) is 1.93. The van der Waals surface area contributed by atoms with Gasteiger partial charge in [-0.15, -0.1) is 0 Å². The van der Waals surface area contributed by atoms with E-state index < -0.39 is 11.9 Å². The van der Waals surface area contributed by atoms with Crippen LogP contribution in [0.25, 0.3) is 0 Å². The van der Waals surface area contributed by atoms with Crippen LogP contribution in [-0.2, 0) is 14.3 Å². The first-order chi connectivity index (χ1) is 10.0. The Balaban J connectivity index is 2.04. The van der Waals surface area contributed by atoms with Gasteiger partial charge in [-0.1, -0.05) is 17.7 Å². The Kier molecular flexibility index (Phi) is 4.96. The quantitative estimate of drug-likeness (QED) is 0.632. The zero-order valence-electron chi connectivity index (χ0n) is 11.7. The zero-order valence-corrected chi connectivity index (χ0v) is 12.4. The Morgan fingerprint density at radius 1 is 1.43 bits per heavy atom. The molecule has 1 fully saturated rings. The number of carbonyl (C=O) groups excluding carboxylic acids is 3. The second kappa shape index (κ2) is 6.72. The van der Waals surface area contributed by atoms with Crippen LogP contribution in [0.15, 0.2) is 24.3 Å². The van der Waals surface area contributed by atoms with Crippen LogP contribution in [0.1, 0.15) is 23.7 Å². The summed E-state index contributed by atoms with van der Waals surface area (Å²) in [5.74, 6) is -1.80. The lowest BCUT2D eigenvalue weighted by atomic mass is 9.95. The van der Waals surface area contributed by atoms with Gasteiger partial charge in [-0.05, 0) is 31.5 Å². The molecule has 1 atom stereocenters. The first kappa shape index (κ1) is 15.5. The molecule has 0 radical (unpaired) electrons. The summed E-state index contributed by atoms with van der Waals surface area (Å²) in [5, 5.41) is 0.466. The number of Topliss-reactive ketones (excluding diaryl/α,β-unsaturated/α-hetero) is 1. The number of likely N-dealkylation sites (tertiary alicyclic amines) is 1. The molecule has 6 heteroatoms. The molecule has 1 unspecified atom stereocenters. The predicted molar refractivity (Wildman–Crippen MR) is 77.1 cm³/mol. The van der Waals surface area contributed by atoms with Crippen molar-refractivity contribution >= 4 is 29.3 Å². The van der Waals surface area contributed by atoms with E-state index in [1.807, 2.05) is 0 Å². The van der Waals surface area contributed by atoms with E-state index in [2.05, 4.69) is 0 Å². The van der Waals surface area contributed by atoms with Crippen molar-refractivity contribution in [2.24, 2.45) is 5.92 Å². The molecule has 1 heterocycles. The molecule has 0 aliphatic carbocycles. The van der Waals surface area contributed by atoms with E-state index in [9.17, 15) is 14.4 Å². The van der Waals surface area contributed by atoms with Gasteiger partial charge in [0, 0.05) is 17.1 Å². The van der Waals surface area contributed by atoms with Gasteiger partial charge in [-0.2, -0.15) is 0 Å². The summed E-state index contributed by atoms with van der Waals surface area (Å²) < 4.78 is 4.87. The van der Waals surface area contributed by atoms with Crippen molar-refractivity contribution in [2.75, 3.05) is 19.7 Å². The first-order valence-electron chi connectivity index (χ1n) is 6.77. The van der Waals surface area contributed by atoms with E-state index in [-0.39, 0.29) is 24.8 Å². The monoisotopic (exact) mass is 309 g/mol. The van der Waals surface area contributed by atoms with Crippen molar-refractivity contribution < 1.29 is 19.1 Å². The van der Waals surface area contributed by atoms with Crippen LogP contribution in [0.5, 0.6) is 0 Å². The van der Waals surface area contributed by atoms with Gasteiger partial charge < -0.3 is 9.64 Å². The molecule has 0 aromatic heterocycles. The molecular formula is C15H16ClNO4. The van der Waals surface area contributed by atoms with Gasteiger partial charge in [0.1, 0.15) is 5.92 Å². The number of hydrogen-bond donors (Lipinski definition) is 0. The molecule has 0 N–H and O–H groups in total. The highest BCUT2D eigenvalue weighted by Crippen LogP contribution is 2.19. The van der Waals surface area contributed by atoms with Gasteiger partial charge in [-0.3, -0.25) is 14.4 Å². The fraction of sp³-hybridized carbons (Fsp3) is 0.400. The SMILES string of the molecule is CCOC(=O)C1CCN(C(=O)c2cccc(Cl)c2)CC1=O. The minimum absolute atomic E-state index is 0.0746. The van der Waals surface area contributed by atoms with Crippen LogP contribution < -0.4 is 0 Å². The van der Waals surface area contributed by atoms with Crippen LogP contribution in [0, 0.1) is 5.92 Å². The normalized spacial score (nSPS) is 18.5. The molecule has 1 aromatic carbocycles. The highest BCUT2D eigenvalue weighted by atomic mass is 35.5. The molecule has 0 spiro atoms. The Morgan fingerprint density at radius 3 is 2.81 bits per heavy atom. The Labute approximate surface area is 127 Å². The maximum atomic E-state index is 12.3. The number of hydrogen-bond acceptors (Lipinski definition) is 4. The van der Waals surface area contributed by atoms with Gasteiger partial charge in [-0.25, -0.2) is 0 Å². The minimum Gasteiger partial charge on any atom is -0.465 e. The third-order valence-electron chi connectivity index (χ3n) is 3.35. The number of nitrogens with zero attached hydrogens (tertiary/aromatic N) is 1. The van der Waals surface area contributed by atoms with E-state index in [4.69, 9.17) is 16.3 Å². The van der Waals surface area contributed by atoms with Gasteiger partial charge >= 0.3 is 5.97 Å². The number of carbonyl (C=O) groups is 3. The largest absolute Gasteiger partial charge is 0.465 e. The number of rotatable bonds is 3. The minimum atomic E-state index is -0.756. The Bertz CT molecular complexity index is 573. The maximum absolute atomic E-state index is 12.3. The summed E-state index contributed by atoms with van der Waals surface area (Å²) in [5.41, 5.74) is 0.435. The third kappa shape index (κ3) is 3.61. The molecule has 1 aliphatic rings. The van der Waals surface area contributed by atoms with Crippen LogP contribution >= 0.6 is 11.6 Å². The Hall–Kier alpha value is -1.88. The number of ketones is 1. The van der Waals surface area contributed by atoms with Gasteiger partial charge in [0.2, 0.25) is 0 Å². The lowest BCUT2D eigenvalue weighted by Gasteiger charge is -2.29. The van der Waals surface area contributed by atoms with E-state index in [1.54, 1.807) is 31.2 Å². The van der Waals surface area contributed by atoms with E-state index in [1.165, 1.54) is 4.90 Å². The second-order valence-corrected chi connectivity index (χ2v) is 5.23. The number of piperidine rings is 1. The van der Waals surface area contributed by atoms with Crippen molar-refractivity contribution in [1.82, 2.24) is 4.90 Å². The summed E-state index contributed by atoms with van der Waals surface area (Å²) in [6.07, 6.45) is 0.296. The fourth-order valence-electron chi connectivity index (χ4n) is 2.29. The van der Waals surface area contributed by atoms with E-state index >= 15 is 0 Å². The zero-order chi connectivity index (χ0) is 15.4. The van der Waals surface area contributed by atoms with Gasteiger partial charge in [0.05, 0.1) is 13.2 Å². The topological polar surface area (TPSA) is 63.7 Å². The lowest BCUT2D eigenvalue weighted by Crippen LogP contribution is -2.46. The highest BCUT2D eigenvalue weighted by molar-refractivity contribution is 6.31. The molecule has 5 nitrogen and oxygen atoms in total. The van der Waals surface area contributed by atoms with E-state index in [0.29, 0.717) is 23.6 Å². The maximum Gasteiger partial charge on any atom is 0.316 e. The number of halogens is 1. The molecule has 0 saturated carbocycles. The smallest absolute Gasteiger partial charge is 0.316 e. The van der Waals surface area contributed by atoms with Crippen LogP contribution in [0.3, 0.4) is 0 Å². The highest BCUT2D eigenvalue weighted by Gasteiger charge is 2.35. The number of ether oxygens (including phenoxy) is 1. The van der Waals surface area contributed by atoms with Crippen molar-refractivity contribution in [3.05, 3.63) is 34.9 Å². The summed E-state index contributed by atoms with van der Waals surface area (Å²) in [6, 6.07) is 6.57. The van der Waals surface area contributed by atoms with Crippen molar-refractivity contribution in [3.63, 3.8) is 0 Å². The molecule has 112 valence electrons. The Morgan fingerprint density at radius 2 is 2.19 bits per heavy atom. The first-order valence-corrected chi connectivity index (χ1v) is 7.15. The van der Waals surface area contributed by atoms with E-state index in [0.717, 1.165) is 0 Å². The molecular weight excluding hydrogens is 294 g/mol. The molecule has 0 bridgehead atoms. The molecule has 2 rings (SSSR count). The molecule has 1 aliphatic heterocycles. The van der Waals surface area contributed by atoms with Crippen LogP contribution in [0.2, 0.25) is 5.02 Å². The summed E-state index contributed by atoms with van der Waals surface area (Å²) >= 11 is 5.86. The lowest BCUT2D eigenvalue weighted by molar-refractivity contribution is -0.153. The van der Waals surface area contributed by atoms with Gasteiger partial charge in [0.15, 0.2) is 5.78 Å². The average molecular weight is 310 g/mol. The van der Waals surface area contributed by atoms with Crippen LogP contribution in [0.4, 0.5) is 0 Å². The van der Waals surface area contributed by atoms with Crippen molar-refractivity contribution in [2.45, 2.75) is 13.3 Å². The summed E-state index contributed by atoms with van der Waals surface area (Å²) in [6.45, 7) is 2.21. The van der Waals surface area contributed by atoms with Crippen molar-refractivity contribution in [1.29, 1.82) is 0 Å².